The van der Waals surface area contributed by atoms with Crippen LogP contribution in [-0.2, 0) is 9.59 Å². The van der Waals surface area contributed by atoms with Crippen molar-refractivity contribution < 1.29 is 41.9 Å². The van der Waals surface area contributed by atoms with E-state index in [-0.39, 0.29) is 19.0 Å². The molecule has 1 unspecified atom stereocenters. The molecule has 1 aromatic rings. The third-order valence-electron chi connectivity index (χ3n) is 3.85. The molecule has 1 aliphatic heterocycles. The molecule has 160 valence electrons. The number of amides is 4. The van der Waals surface area contributed by atoms with Crippen LogP contribution in [0.25, 0.3) is 0 Å². The smallest absolute Gasteiger partial charge is 0.405 e. The van der Waals surface area contributed by atoms with Gasteiger partial charge in [-0.25, -0.2) is 4.79 Å². The van der Waals surface area contributed by atoms with Gasteiger partial charge in [-0.3, -0.25) is 14.9 Å². The number of hydrogen-bond acceptors (Lipinski definition) is 5. The van der Waals surface area contributed by atoms with E-state index in [1.807, 2.05) is 0 Å². The highest BCUT2D eigenvalue weighted by Crippen LogP contribution is 2.32. The van der Waals surface area contributed by atoms with Crippen LogP contribution in [0.3, 0.4) is 0 Å². The lowest BCUT2D eigenvalue weighted by molar-refractivity contribution is -0.881. The molecule has 4 amide bonds. The Hall–Kier alpha value is -3.02. The molecule has 0 bridgehead atoms. The van der Waals surface area contributed by atoms with Gasteiger partial charge in [0.1, 0.15) is 19.8 Å². The topological polar surface area (TPSA) is 110 Å². The second-order valence-corrected chi connectivity index (χ2v) is 6.21. The second kappa shape index (κ2) is 9.96. The highest BCUT2D eigenvalue weighted by atomic mass is 19.4. The van der Waals surface area contributed by atoms with Crippen LogP contribution in [0.5, 0.6) is 11.5 Å². The molecule has 2 rings (SSSR count). The van der Waals surface area contributed by atoms with E-state index in [0.29, 0.717) is 41.8 Å². The van der Waals surface area contributed by atoms with E-state index in [9.17, 15) is 27.6 Å². The van der Waals surface area contributed by atoms with Gasteiger partial charge in [0.25, 0.3) is 11.8 Å². The fraction of sp³-hybridized carbons (Fsp3) is 0.471. The number of halogens is 3. The van der Waals surface area contributed by atoms with E-state index >= 15 is 0 Å². The number of anilines is 1. The molecule has 0 aromatic heterocycles. The minimum absolute atomic E-state index is 0.0808. The molecule has 1 aliphatic rings. The van der Waals surface area contributed by atoms with Crippen molar-refractivity contribution in [3.63, 3.8) is 0 Å². The van der Waals surface area contributed by atoms with Crippen LogP contribution < -0.4 is 30.3 Å². The van der Waals surface area contributed by atoms with E-state index < -0.39 is 24.7 Å². The SMILES string of the molecule is CC[NH+](CC(=O)NC(=O)NCC(F)(F)F)CC(=O)Nc1ccc2c(c1)OCCO2. The van der Waals surface area contributed by atoms with Gasteiger partial charge in [0.2, 0.25) is 0 Å². The molecule has 0 spiro atoms. The van der Waals surface area contributed by atoms with E-state index in [0.717, 1.165) is 0 Å². The number of benzene rings is 1. The molecule has 29 heavy (non-hydrogen) atoms. The first-order valence-electron chi connectivity index (χ1n) is 8.83. The fourth-order valence-corrected chi connectivity index (χ4v) is 2.49. The number of carbonyl (C=O) groups is 3. The summed E-state index contributed by atoms with van der Waals surface area (Å²) in [5.74, 6) is -0.0879. The summed E-state index contributed by atoms with van der Waals surface area (Å²) in [6.45, 7) is 1.07. The summed E-state index contributed by atoms with van der Waals surface area (Å²) >= 11 is 0. The zero-order valence-corrected chi connectivity index (χ0v) is 15.6. The molecule has 12 heteroatoms. The Balaban J connectivity index is 1.80. The monoisotopic (exact) mass is 419 g/mol. The minimum atomic E-state index is -4.58. The van der Waals surface area contributed by atoms with Gasteiger partial charge in [0, 0.05) is 11.8 Å². The van der Waals surface area contributed by atoms with E-state index in [4.69, 9.17) is 9.47 Å². The van der Waals surface area contributed by atoms with Crippen molar-refractivity contribution >= 4 is 23.5 Å². The Kier molecular flexibility index (Phi) is 7.65. The van der Waals surface area contributed by atoms with Crippen molar-refractivity contribution in [3.8, 4) is 11.5 Å². The van der Waals surface area contributed by atoms with Crippen molar-refractivity contribution in [3.05, 3.63) is 18.2 Å². The van der Waals surface area contributed by atoms with Gasteiger partial charge >= 0.3 is 12.2 Å². The van der Waals surface area contributed by atoms with Crippen molar-refractivity contribution in [1.82, 2.24) is 10.6 Å². The Bertz CT molecular complexity index is 757. The van der Waals surface area contributed by atoms with Crippen molar-refractivity contribution in [2.75, 3.05) is 44.7 Å². The predicted octanol–water partition coefficient (Wildman–Crippen LogP) is -0.311. The van der Waals surface area contributed by atoms with Crippen LogP contribution in [0.4, 0.5) is 23.7 Å². The summed E-state index contributed by atoms with van der Waals surface area (Å²) in [4.78, 5) is 35.8. The molecule has 0 saturated carbocycles. The Labute approximate surface area is 164 Å². The molecular formula is C17H22F3N4O5+. The zero-order valence-electron chi connectivity index (χ0n) is 15.6. The van der Waals surface area contributed by atoms with E-state index in [1.54, 1.807) is 30.4 Å². The quantitative estimate of drug-likeness (QED) is 0.485. The van der Waals surface area contributed by atoms with Crippen LogP contribution in [0.1, 0.15) is 6.92 Å². The van der Waals surface area contributed by atoms with Crippen molar-refractivity contribution in [1.29, 1.82) is 0 Å². The number of nitrogens with one attached hydrogen (secondary N) is 4. The number of carbonyl (C=O) groups excluding carboxylic acids is 3. The molecule has 1 heterocycles. The summed E-state index contributed by atoms with van der Waals surface area (Å²) in [5.41, 5.74) is 0.491. The van der Waals surface area contributed by atoms with Gasteiger partial charge in [-0.15, -0.1) is 0 Å². The molecule has 4 N–H and O–H groups in total. The fourth-order valence-electron chi connectivity index (χ4n) is 2.49. The number of quaternary nitrogens is 1. The maximum atomic E-state index is 12.2. The highest BCUT2D eigenvalue weighted by molar-refractivity contribution is 5.95. The van der Waals surface area contributed by atoms with Crippen LogP contribution in [0.15, 0.2) is 18.2 Å². The van der Waals surface area contributed by atoms with Gasteiger partial charge in [0.05, 0.1) is 6.54 Å². The zero-order chi connectivity index (χ0) is 21.4. The molecule has 9 nitrogen and oxygen atoms in total. The number of hydrogen-bond donors (Lipinski definition) is 4. The second-order valence-electron chi connectivity index (χ2n) is 6.21. The Morgan fingerprint density at radius 1 is 1.07 bits per heavy atom. The molecular weight excluding hydrogens is 397 g/mol. The van der Waals surface area contributed by atoms with Crippen LogP contribution in [0.2, 0.25) is 0 Å². The van der Waals surface area contributed by atoms with Crippen LogP contribution in [0, 0.1) is 0 Å². The third kappa shape index (κ3) is 7.86. The molecule has 1 atom stereocenters. The van der Waals surface area contributed by atoms with Gasteiger partial charge in [-0.05, 0) is 19.1 Å². The summed E-state index contributed by atoms with van der Waals surface area (Å²) in [7, 11) is 0. The number of likely N-dealkylation sites (N-methyl/N-ethyl adjacent to an activating group) is 1. The summed E-state index contributed by atoms with van der Waals surface area (Å²) in [6.07, 6.45) is -4.58. The van der Waals surface area contributed by atoms with E-state index in [1.165, 1.54) is 5.32 Å². The largest absolute Gasteiger partial charge is 0.486 e. The predicted molar refractivity (Wildman–Crippen MR) is 94.9 cm³/mol. The average molecular weight is 419 g/mol. The maximum Gasteiger partial charge on any atom is 0.405 e. The molecule has 0 aliphatic carbocycles. The Morgan fingerprint density at radius 3 is 2.38 bits per heavy atom. The first-order chi connectivity index (χ1) is 13.7. The molecule has 1 aromatic carbocycles. The number of fused-ring (bicyclic) bond motifs is 1. The van der Waals surface area contributed by atoms with Crippen LogP contribution in [-0.4, -0.2) is 63.4 Å². The lowest BCUT2D eigenvalue weighted by atomic mass is 10.2. The summed E-state index contributed by atoms with van der Waals surface area (Å²) in [6, 6.07) is 3.69. The maximum absolute atomic E-state index is 12.2. The minimum Gasteiger partial charge on any atom is -0.486 e. The molecule has 0 saturated heterocycles. The lowest BCUT2D eigenvalue weighted by Gasteiger charge is -2.19. The highest BCUT2D eigenvalue weighted by Gasteiger charge is 2.28. The van der Waals surface area contributed by atoms with Gasteiger partial charge in [0.15, 0.2) is 24.6 Å². The standard InChI is InChI=1S/C17H21F3N4O5/c1-2-24(9-15(26)23-16(27)21-10-17(18,19)20)8-14(25)22-11-3-4-12-13(7-11)29-6-5-28-12/h3-4,7H,2,5-6,8-10H2,1H3,(H,22,25)(H2,21,23,26,27)/p+1. The van der Waals surface area contributed by atoms with E-state index in [2.05, 4.69) is 5.32 Å². The number of alkyl halides is 3. The van der Waals surface area contributed by atoms with Gasteiger partial charge < -0.3 is 25.0 Å². The van der Waals surface area contributed by atoms with Gasteiger partial charge in [-0.1, -0.05) is 0 Å². The summed E-state index contributed by atoms with van der Waals surface area (Å²) in [5, 5.41) is 6.02. The number of urea groups is 1. The number of rotatable bonds is 7. The number of imide groups is 1. The molecule has 0 fully saturated rings. The Morgan fingerprint density at radius 2 is 1.72 bits per heavy atom. The third-order valence-corrected chi connectivity index (χ3v) is 3.85. The first kappa shape index (κ1) is 22.3. The van der Waals surface area contributed by atoms with Crippen LogP contribution >= 0.6 is 0 Å². The lowest BCUT2D eigenvalue weighted by Crippen LogP contribution is -3.14. The first-order valence-corrected chi connectivity index (χ1v) is 8.83. The number of ether oxygens (including phenoxy) is 2. The molecule has 0 radical (unpaired) electrons. The normalized spacial score (nSPS) is 13.9. The average Bonchev–Trinajstić information content (AvgIpc) is 2.65. The summed E-state index contributed by atoms with van der Waals surface area (Å²) < 4.78 is 47.0. The van der Waals surface area contributed by atoms with Gasteiger partial charge in [-0.2, -0.15) is 13.2 Å². The van der Waals surface area contributed by atoms with Crippen molar-refractivity contribution in [2.24, 2.45) is 0 Å². The van der Waals surface area contributed by atoms with Crippen molar-refractivity contribution in [2.45, 2.75) is 13.1 Å².